The molecule has 1 N–H and O–H groups in total. The number of para-hydroxylation sites is 1. The molecule has 3 rings (SSSR count). The van der Waals surface area contributed by atoms with Crippen LogP contribution in [0.3, 0.4) is 0 Å². The Morgan fingerprint density at radius 3 is 2.90 bits per heavy atom. The van der Waals surface area contributed by atoms with Gasteiger partial charge in [-0.3, -0.25) is 0 Å². The van der Waals surface area contributed by atoms with Crippen molar-refractivity contribution in [1.82, 2.24) is 4.98 Å². The molecule has 1 atom stereocenters. The maximum Gasteiger partial charge on any atom is 0.143 e. The largest absolute Gasteiger partial charge is 0.371 e. The fourth-order valence-corrected chi connectivity index (χ4v) is 2.75. The number of pyridine rings is 1. The Kier molecular flexibility index (Phi) is 4.02. The molecule has 0 radical (unpaired) electrons. The molecule has 0 bridgehead atoms. The zero-order valence-electron chi connectivity index (χ0n) is 11.9. The fourth-order valence-electron chi connectivity index (χ4n) is 2.75. The third-order valence-corrected chi connectivity index (χ3v) is 3.89. The Morgan fingerprint density at radius 1 is 1.24 bits per heavy atom. The Morgan fingerprint density at radius 2 is 2.10 bits per heavy atom. The lowest BCUT2D eigenvalue weighted by atomic mass is 10.1. The van der Waals surface area contributed by atoms with E-state index in [1.54, 1.807) is 18.3 Å². The minimum Gasteiger partial charge on any atom is -0.371 e. The van der Waals surface area contributed by atoms with Crippen LogP contribution >= 0.6 is 0 Å². The first kappa shape index (κ1) is 13.4. The van der Waals surface area contributed by atoms with Crippen molar-refractivity contribution in [3.05, 3.63) is 54.2 Å². The smallest absolute Gasteiger partial charge is 0.143 e. The molecule has 1 aromatic heterocycles. The molecular weight excluding hydrogens is 260 g/mol. The first-order chi connectivity index (χ1) is 10.4. The van der Waals surface area contributed by atoms with Crippen molar-refractivity contribution in [2.24, 2.45) is 5.92 Å². The Balaban J connectivity index is 1.57. The van der Waals surface area contributed by atoms with Crippen LogP contribution in [0.1, 0.15) is 12.0 Å². The van der Waals surface area contributed by atoms with Crippen LogP contribution < -0.4 is 10.2 Å². The first-order valence-corrected chi connectivity index (χ1v) is 7.26. The molecular formula is C17H18N4. The van der Waals surface area contributed by atoms with Gasteiger partial charge in [-0.15, -0.1) is 0 Å². The molecule has 1 aliphatic heterocycles. The van der Waals surface area contributed by atoms with Crippen LogP contribution in [-0.2, 0) is 0 Å². The van der Waals surface area contributed by atoms with E-state index in [1.165, 1.54) is 5.69 Å². The summed E-state index contributed by atoms with van der Waals surface area (Å²) in [5, 5.41) is 12.4. The van der Waals surface area contributed by atoms with Crippen LogP contribution in [0.5, 0.6) is 0 Å². The number of benzene rings is 1. The molecule has 1 aliphatic rings. The minimum absolute atomic E-state index is 0.582. The van der Waals surface area contributed by atoms with E-state index >= 15 is 0 Å². The molecule has 21 heavy (non-hydrogen) atoms. The summed E-state index contributed by atoms with van der Waals surface area (Å²) < 4.78 is 0. The van der Waals surface area contributed by atoms with Gasteiger partial charge in [-0.1, -0.05) is 18.2 Å². The molecule has 1 unspecified atom stereocenters. The predicted octanol–water partition coefficient (Wildman–Crippen LogP) is 2.89. The van der Waals surface area contributed by atoms with E-state index < -0.39 is 0 Å². The van der Waals surface area contributed by atoms with Crippen molar-refractivity contribution >= 4 is 11.5 Å². The standard InChI is InChI=1S/C17H18N4/c18-11-15-5-4-9-19-17(15)20-12-14-8-10-21(13-14)16-6-2-1-3-7-16/h1-7,9,14H,8,10,12-13H2,(H,19,20). The van der Waals surface area contributed by atoms with E-state index in [0.29, 0.717) is 17.3 Å². The molecule has 4 heteroatoms. The molecule has 4 nitrogen and oxygen atoms in total. The van der Waals surface area contributed by atoms with Crippen molar-refractivity contribution in [3.8, 4) is 6.07 Å². The molecule has 1 saturated heterocycles. The summed E-state index contributed by atoms with van der Waals surface area (Å²) in [6.07, 6.45) is 2.88. The zero-order valence-corrected chi connectivity index (χ0v) is 11.9. The summed E-state index contributed by atoms with van der Waals surface area (Å²) in [7, 11) is 0. The average Bonchev–Trinajstić information content (AvgIpc) is 3.03. The number of rotatable bonds is 4. The molecule has 2 aromatic rings. The van der Waals surface area contributed by atoms with Crippen LogP contribution in [0.15, 0.2) is 48.7 Å². The third kappa shape index (κ3) is 3.14. The van der Waals surface area contributed by atoms with Gasteiger partial charge in [0.15, 0.2) is 0 Å². The topological polar surface area (TPSA) is 52.0 Å². The van der Waals surface area contributed by atoms with Crippen molar-refractivity contribution in [3.63, 3.8) is 0 Å². The van der Waals surface area contributed by atoms with Gasteiger partial charge in [-0.25, -0.2) is 4.98 Å². The summed E-state index contributed by atoms with van der Waals surface area (Å²) in [6, 6.07) is 16.3. The number of hydrogen-bond donors (Lipinski definition) is 1. The van der Waals surface area contributed by atoms with Crippen molar-refractivity contribution in [1.29, 1.82) is 5.26 Å². The molecule has 0 aliphatic carbocycles. The SMILES string of the molecule is N#Cc1cccnc1NCC1CCN(c2ccccc2)C1. The number of nitrogens with zero attached hydrogens (tertiary/aromatic N) is 3. The summed E-state index contributed by atoms with van der Waals surface area (Å²) in [5.41, 5.74) is 1.89. The maximum absolute atomic E-state index is 9.06. The van der Waals surface area contributed by atoms with Gasteiger partial charge in [0.05, 0.1) is 5.56 Å². The molecule has 0 amide bonds. The predicted molar refractivity (Wildman–Crippen MR) is 84.2 cm³/mol. The van der Waals surface area contributed by atoms with Crippen LogP contribution in [0.4, 0.5) is 11.5 Å². The van der Waals surface area contributed by atoms with Crippen LogP contribution in [0, 0.1) is 17.2 Å². The zero-order chi connectivity index (χ0) is 14.5. The lowest BCUT2D eigenvalue weighted by molar-refractivity contribution is 0.621. The molecule has 1 fully saturated rings. The van der Waals surface area contributed by atoms with Gasteiger partial charge >= 0.3 is 0 Å². The third-order valence-electron chi connectivity index (χ3n) is 3.89. The fraction of sp³-hybridized carbons (Fsp3) is 0.294. The van der Waals surface area contributed by atoms with E-state index in [9.17, 15) is 0 Å². The van der Waals surface area contributed by atoms with Crippen molar-refractivity contribution in [2.45, 2.75) is 6.42 Å². The molecule has 0 saturated carbocycles. The second-order valence-electron chi connectivity index (χ2n) is 5.33. The van der Waals surface area contributed by atoms with E-state index in [-0.39, 0.29) is 0 Å². The van der Waals surface area contributed by atoms with E-state index in [0.717, 1.165) is 26.1 Å². The lowest BCUT2D eigenvalue weighted by Gasteiger charge is -2.18. The van der Waals surface area contributed by atoms with Crippen molar-refractivity contribution in [2.75, 3.05) is 29.9 Å². The minimum atomic E-state index is 0.582. The van der Waals surface area contributed by atoms with E-state index in [1.807, 2.05) is 6.07 Å². The summed E-state index contributed by atoms with van der Waals surface area (Å²) in [6.45, 7) is 2.99. The van der Waals surface area contributed by atoms with Crippen LogP contribution in [-0.4, -0.2) is 24.6 Å². The lowest BCUT2D eigenvalue weighted by Crippen LogP contribution is -2.22. The quantitative estimate of drug-likeness (QED) is 0.934. The number of nitriles is 1. The van der Waals surface area contributed by atoms with Gasteiger partial charge < -0.3 is 10.2 Å². The number of anilines is 2. The van der Waals surface area contributed by atoms with E-state index in [2.05, 4.69) is 45.5 Å². The number of hydrogen-bond acceptors (Lipinski definition) is 4. The highest BCUT2D eigenvalue weighted by Gasteiger charge is 2.22. The number of aromatic nitrogens is 1. The van der Waals surface area contributed by atoms with Gasteiger partial charge in [-0.05, 0) is 36.6 Å². The maximum atomic E-state index is 9.06. The highest BCUT2D eigenvalue weighted by molar-refractivity contribution is 5.51. The van der Waals surface area contributed by atoms with Crippen LogP contribution in [0.2, 0.25) is 0 Å². The van der Waals surface area contributed by atoms with Gasteiger partial charge in [0.2, 0.25) is 0 Å². The molecule has 2 heterocycles. The highest BCUT2D eigenvalue weighted by atomic mass is 15.2. The molecule has 106 valence electrons. The van der Waals surface area contributed by atoms with Gasteiger partial charge in [-0.2, -0.15) is 5.26 Å². The normalized spacial score (nSPS) is 17.5. The van der Waals surface area contributed by atoms with Crippen LogP contribution in [0.25, 0.3) is 0 Å². The van der Waals surface area contributed by atoms with Gasteiger partial charge in [0.1, 0.15) is 11.9 Å². The summed E-state index contributed by atoms with van der Waals surface area (Å²) in [4.78, 5) is 6.65. The Bertz CT molecular complexity index is 633. The van der Waals surface area contributed by atoms with Crippen molar-refractivity contribution < 1.29 is 0 Å². The monoisotopic (exact) mass is 278 g/mol. The second-order valence-corrected chi connectivity index (χ2v) is 5.33. The molecule has 0 spiro atoms. The summed E-state index contributed by atoms with van der Waals surface area (Å²) >= 11 is 0. The van der Waals surface area contributed by atoms with Gasteiger partial charge in [0, 0.05) is 31.5 Å². The second kappa shape index (κ2) is 6.27. The van der Waals surface area contributed by atoms with E-state index in [4.69, 9.17) is 5.26 Å². The summed E-state index contributed by atoms with van der Waals surface area (Å²) in [5.74, 6) is 1.27. The van der Waals surface area contributed by atoms with Gasteiger partial charge in [0.25, 0.3) is 0 Å². The number of nitrogens with one attached hydrogen (secondary N) is 1. The molecule has 1 aromatic carbocycles. The Hall–Kier alpha value is -2.54. The first-order valence-electron chi connectivity index (χ1n) is 7.26. The highest BCUT2D eigenvalue weighted by Crippen LogP contribution is 2.23. The Labute approximate surface area is 125 Å². The average molecular weight is 278 g/mol.